The Morgan fingerprint density at radius 1 is 1.28 bits per heavy atom. The topological polar surface area (TPSA) is 43.4 Å². The fourth-order valence-corrected chi connectivity index (χ4v) is 2.15. The van der Waals surface area contributed by atoms with Crippen LogP contribution in [0.15, 0.2) is 22.7 Å². The molecule has 0 saturated heterocycles. The van der Waals surface area contributed by atoms with E-state index in [0.717, 1.165) is 6.07 Å². The highest BCUT2D eigenvalue weighted by molar-refractivity contribution is 9.10. The van der Waals surface area contributed by atoms with E-state index in [1.807, 2.05) is 0 Å². The smallest absolute Gasteiger partial charge is 0.316 e. The van der Waals surface area contributed by atoms with E-state index in [9.17, 15) is 14.0 Å². The number of benzene rings is 1. The van der Waals surface area contributed by atoms with Crippen LogP contribution in [0, 0.1) is 17.7 Å². The number of carbonyl (C=O) groups excluding carboxylic acids is 2. The van der Waals surface area contributed by atoms with Crippen LogP contribution in [0.2, 0.25) is 0 Å². The molecule has 1 aromatic carbocycles. The summed E-state index contributed by atoms with van der Waals surface area (Å²) >= 11 is 3.11. The molecule has 0 aliphatic rings. The van der Waals surface area contributed by atoms with E-state index in [1.165, 1.54) is 19.2 Å². The van der Waals surface area contributed by atoms with Crippen molar-refractivity contribution < 1.29 is 18.7 Å². The molecule has 3 nitrogen and oxygen atoms in total. The molecule has 5 heteroatoms. The standard InChI is InChI=1S/C13H14BrFO3/c1-7(2)11(13(17)18-3)12(16)8-4-9(14)6-10(15)5-8/h4-7,11H,1-3H3. The number of rotatable bonds is 4. The van der Waals surface area contributed by atoms with Crippen molar-refractivity contribution in [2.75, 3.05) is 7.11 Å². The normalized spacial score (nSPS) is 12.3. The second-order valence-electron chi connectivity index (χ2n) is 4.27. The second-order valence-corrected chi connectivity index (χ2v) is 5.18. The Hall–Kier alpha value is -1.23. The number of ether oxygens (including phenoxy) is 1. The minimum absolute atomic E-state index is 0.158. The molecule has 0 saturated carbocycles. The summed E-state index contributed by atoms with van der Waals surface area (Å²) in [6.45, 7) is 3.49. The van der Waals surface area contributed by atoms with E-state index >= 15 is 0 Å². The zero-order valence-electron chi connectivity index (χ0n) is 10.4. The number of esters is 1. The van der Waals surface area contributed by atoms with Crippen LogP contribution in [0.3, 0.4) is 0 Å². The molecule has 1 unspecified atom stereocenters. The van der Waals surface area contributed by atoms with E-state index in [2.05, 4.69) is 20.7 Å². The molecule has 0 aromatic heterocycles. The molecule has 0 radical (unpaired) electrons. The number of halogens is 2. The molecule has 0 heterocycles. The third kappa shape index (κ3) is 3.38. The first-order chi connectivity index (χ1) is 8.36. The fraction of sp³-hybridized carbons (Fsp3) is 0.385. The van der Waals surface area contributed by atoms with Crippen molar-refractivity contribution >= 4 is 27.7 Å². The van der Waals surface area contributed by atoms with Gasteiger partial charge in [0.05, 0.1) is 7.11 Å². The maximum absolute atomic E-state index is 13.2. The lowest BCUT2D eigenvalue weighted by Crippen LogP contribution is -2.30. The molecule has 0 N–H and O–H groups in total. The maximum Gasteiger partial charge on any atom is 0.316 e. The Morgan fingerprint density at radius 3 is 2.33 bits per heavy atom. The predicted molar refractivity (Wildman–Crippen MR) is 68.8 cm³/mol. The lowest BCUT2D eigenvalue weighted by molar-refractivity contribution is -0.144. The van der Waals surface area contributed by atoms with Crippen molar-refractivity contribution in [1.82, 2.24) is 0 Å². The van der Waals surface area contributed by atoms with E-state index in [4.69, 9.17) is 0 Å². The van der Waals surface area contributed by atoms with Gasteiger partial charge < -0.3 is 4.74 Å². The van der Waals surface area contributed by atoms with Crippen molar-refractivity contribution in [1.29, 1.82) is 0 Å². The summed E-state index contributed by atoms with van der Waals surface area (Å²) in [5, 5.41) is 0. The number of carbonyl (C=O) groups is 2. The zero-order valence-corrected chi connectivity index (χ0v) is 12.0. The van der Waals surface area contributed by atoms with Gasteiger partial charge in [0.25, 0.3) is 0 Å². The van der Waals surface area contributed by atoms with Crippen LogP contribution in [0.1, 0.15) is 24.2 Å². The number of Topliss-reactive ketones (excluding diaryl/α,β-unsaturated/α-hetero) is 1. The second kappa shape index (κ2) is 6.09. The molecule has 18 heavy (non-hydrogen) atoms. The minimum Gasteiger partial charge on any atom is -0.468 e. The highest BCUT2D eigenvalue weighted by atomic mass is 79.9. The van der Waals surface area contributed by atoms with Crippen molar-refractivity contribution in [3.8, 4) is 0 Å². The molecule has 0 spiro atoms. The average Bonchev–Trinajstić information content (AvgIpc) is 2.26. The molecule has 98 valence electrons. The van der Waals surface area contributed by atoms with Gasteiger partial charge >= 0.3 is 5.97 Å². The van der Waals surface area contributed by atoms with Gasteiger partial charge in [-0.25, -0.2) is 4.39 Å². The number of ketones is 1. The van der Waals surface area contributed by atoms with E-state index in [1.54, 1.807) is 13.8 Å². The zero-order chi connectivity index (χ0) is 13.9. The van der Waals surface area contributed by atoms with E-state index < -0.39 is 23.5 Å². The summed E-state index contributed by atoms with van der Waals surface area (Å²) in [7, 11) is 1.23. The largest absolute Gasteiger partial charge is 0.468 e. The Balaban J connectivity index is 3.13. The number of hydrogen-bond donors (Lipinski definition) is 0. The molecular weight excluding hydrogens is 303 g/mol. The molecular formula is C13H14BrFO3. The van der Waals surface area contributed by atoms with Crippen molar-refractivity contribution in [2.24, 2.45) is 11.8 Å². The van der Waals surface area contributed by atoms with Gasteiger partial charge in [-0.1, -0.05) is 29.8 Å². The first kappa shape index (κ1) is 14.8. The summed E-state index contributed by atoms with van der Waals surface area (Å²) < 4.78 is 18.3. The van der Waals surface area contributed by atoms with Crippen LogP contribution in [0.25, 0.3) is 0 Å². The van der Waals surface area contributed by atoms with Gasteiger partial charge in [0.1, 0.15) is 11.7 Å². The molecule has 1 aromatic rings. The fourth-order valence-electron chi connectivity index (χ4n) is 1.68. The third-order valence-electron chi connectivity index (χ3n) is 2.55. The molecule has 0 bridgehead atoms. The number of hydrogen-bond acceptors (Lipinski definition) is 3. The lowest BCUT2D eigenvalue weighted by atomic mass is 9.88. The first-order valence-electron chi connectivity index (χ1n) is 5.45. The minimum atomic E-state index is -0.913. The third-order valence-corrected chi connectivity index (χ3v) is 3.01. The average molecular weight is 317 g/mol. The highest BCUT2D eigenvalue weighted by Crippen LogP contribution is 2.22. The molecule has 1 rings (SSSR count). The molecule has 0 aliphatic heterocycles. The molecule has 0 aliphatic carbocycles. The summed E-state index contributed by atoms with van der Waals surface area (Å²) in [6, 6.07) is 3.86. The first-order valence-corrected chi connectivity index (χ1v) is 6.24. The van der Waals surface area contributed by atoms with Gasteiger partial charge in [-0.2, -0.15) is 0 Å². The Labute approximate surface area is 113 Å². The van der Waals surface area contributed by atoms with Crippen LogP contribution in [-0.4, -0.2) is 18.9 Å². The van der Waals surface area contributed by atoms with Gasteiger partial charge in [0, 0.05) is 10.0 Å². The van der Waals surface area contributed by atoms with Crippen molar-refractivity contribution in [3.63, 3.8) is 0 Å². The summed E-state index contributed by atoms with van der Waals surface area (Å²) in [5.41, 5.74) is 0.158. The SMILES string of the molecule is COC(=O)C(C(=O)c1cc(F)cc(Br)c1)C(C)C. The number of methoxy groups -OCH3 is 1. The van der Waals surface area contributed by atoms with Crippen LogP contribution < -0.4 is 0 Å². The Kier molecular flexibility index (Phi) is 5.02. The monoisotopic (exact) mass is 316 g/mol. The molecule has 0 amide bonds. The Morgan fingerprint density at radius 2 is 1.89 bits per heavy atom. The van der Waals surface area contributed by atoms with E-state index in [0.29, 0.717) is 4.47 Å². The maximum atomic E-state index is 13.2. The summed E-state index contributed by atoms with van der Waals surface area (Å²) in [5.74, 6) is -2.69. The lowest BCUT2D eigenvalue weighted by Gasteiger charge is -2.17. The van der Waals surface area contributed by atoms with Gasteiger partial charge in [-0.15, -0.1) is 0 Å². The van der Waals surface area contributed by atoms with Crippen molar-refractivity contribution in [2.45, 2.75) is 13.8 Å². The highest BCUT2D eigenvalue weighted by Gasteiger charge is 2.31. The van der Waals surface area contributed by atoms with Gasteiger partial charge in [0.15, 0.2) is 5.78 Å². The Bertz CT molecular complexity index is 451. The van der Waals surface area contributed by atoms with Gasteiger partial charge in [0.2, 0.25) is 0 Å². The van der Waals surface area contributed by atoms with Crippen LogP contribution in [-0.2, 0) is 9.53 Å². The molecule has 1 atom stereocenters. The van der Waals surface area contributed by atoms with Gasteiger partial charge in [-0.3, -0.25) is 9.59 Å². The summed E-state index contributed by atoms with van der Waals surface area (Å²) in [6.07, 6.45) is 0. The predicted octanol–water partition coefficient (Wildman–Crippen LogP) is 3.22. The van der Waals surface area contributed by atoms with E-state index in [-0.39, 0.29) is 11.5 Å². The van der Waals surface area contributed by atoms with Crippen LogP contribution >= 0.6 is 15.9 Å². The van der Waals surface area contributed by atoms with Crippen LogP contribution in [0.4, 0.5) is 4.39 Å². The summed E-state index contributed by atoms with van der Waals surface area (Å²) in [4.78, 5) is 23.8. The van der Waals surface area contributed by atoms with Crippen LogP contribution in [0.5, 0.6) is 0 Å². The van der Waals surface area contributed by atoms with Gasteiger partial charge in [-0.05, 0) is 24.1 Å². The quantitative estimate of drug-likeness (QED) is 0.486. The molecule has 0 fully saturated rings. The van der Waals surface area contributed by atoms with Crippen molar-refractivity contribution in [3.05, 3.63) is 34.1 Å².